The van der Waals surface area contributed by atoms with Crippen LogP contribution >= 0.6 is 11.8 Å². The van der Waals surface area contributed by atoms with Crippen molar-refractivity contribution >= 4 is 22.9 Å². The van der Waals surface area contributed by atoms with E-state index in [0.717, 1.165) is 11.3 Å². The van der Waals surface area contributed by atoms with Crippen LogP contribution in [0.25, 0.3) is 16.9 Å². The summed E-state index contributed by atoms with van der Waals surface area (Å²) in [5.41, 5.74) is 2.92. The molecule has 0 saturated heterocycles. The second-order valence-corrected chi connectivity index (χ2v) is 6.37. The first-order valence-electron chi connectivity index (χ1n) is 7.89. The van der Waals surface area contributed by atoms with Gasteiger partial charge >= 0.3 is 0 Å². The second-order valence-electron chi connectivity index (χ2n) is 5.60. The van der Waals surface area contributed by atoms with Crippen LogP contribution < -0.4 is 5.56 Å². The third-order valence-electron chi connectivity index (χ3n) is 4.03. The Morgan fingerprint density at radius 3 is 2.36 bits per heavy atom. The summed E-state index contributed by atoms with van der Waals surface area (Å²) in [4.78, 5) is 21.4. The van der Waals surface area contributed by atoms with E-state index in [0.29, 0.717) is 22.9 Å². The van der Waals surface area contributed by atoms with Crippen molar-refractivity contribution in [3.05, 3.63) is 82.9 Å². The lowest BCUT2D eigenvalue weighted by atomic mass is 10.2. The molecule has 5 nitrogen and oxygen atoms in total. The van der Waals surface area contributed by atoms with Crippen molar-refractivity contribution in [2.45, 2.75) is 11.7 Å². The van der Waals surface area contributed by atoms with E-state index >= 15 is 0 Å². The molecule has 6 heteroatoms. The Morgan fingerprint density at radius 2 is 1.68 bits per heavy atom. The average Bonchev–Trinajstić information content (AvgIpc) is 3.11. The Hall–Kier alpha value is -2.86. The maximum atomic E-state index is 12.6. The van der Waals surface area contributed by atoms with E-state index in [2.05, 4.69) is 22.1 Å². The van der Waals surface area contributed by atoms with Crippen LogP contribution in [-0.4, -0.2) is 25.4 Å². The third-order valence-corrected chi connectivity index (χ3v) is 4.71. The summed E-state index contributed by atoms with van der Waals surface area (Å²) < 4.78 is 3.80. The number of para-hydroxylation sites is 1. The minimum absolute atomic E-state index is 0.259. The van der Waals surface area contributed by atoms with Gasteiger partial charge in [0.1, 0.15) is 6.33 Å². The van der Waals surface area contributed by atoms with Gasteiger partial charge in [-0.25, -0.2) is 4.98 Å². The molecule has 2 aromatic carbocycles. The predicted octanol–water partition coefficient (Wildman–Crippen LogP) is 3.35. The van der Waals surface area contributed by atoms with Crippen molar-refractivity contribution in [3.63, 3.8) is 0 Å². The first-order chi connectivity index (χ1) is 12.3. The molecule has 0 spiro atoms. The van der Waals surface area contributed by atoms with E-state index in [1.165, 1.54) is 11.8 Å². The molecule has 0 atom stereocenters. The summed E-state index contributed by atoms with van der Waals surface area (Å²) in [6, 6.07) is 19.8. The molecule has 2 aromatic heterocycles. The van der Waals surface area contributed by atoms with Crippen LogP contribution in [-0.2, 0) is 6.54 Å². The number of thioether (sulfide) groups is 1. The van der Waals surface area contributed by atoms with Gasteiger partial charge < -0.3 is 0 Å². The van der Waals surface area contributed by atoms with Gasteiger partial charge in [-0.1, -0.05) is 60.3 Å². The Balaban J connectivity index is 1.94. The molecule has 4 aromatic rings. The van der Waals surface area contributed by atoms with E-state index < -0.39 is 0 Å². The predicted molar refractivity (Wildman–Crippen MR) is 100 cm³/mol. The number of hydrogen-bond acceptors (Lipinski definition) is 4. The van der Waals surface area contributed by atoms with Gasteiger partial charge in [-0.05, 0) is 24.0 Å². The molecule has 0 fully saturated rings. The lowest BCUT2D eigenvalue weighted by molar-refractivity contribution is 0.690. The first-order valence-corrected chi connectivity index (χ1v) is 9.11. The Morgan fingerprint density at radius 1 is 1.00 bits per heavy atom. The highest BCUT2D eigenvalue weighted by Gasteiger charge is 2.16. The average molecular weight is 348 g/mol. The molecule has 0 aliphatic carbocycles. The molecule has 0 bridgehead atoms. The zero-order valence-corrected chi connectivity index (χ0v) is 14.5. The fraction of sp³-hybridized carbons (Fsp3) is 0.105. The largest absolute Gasteiger partial charge is 0.300 e. The third kappa shape index (κ3) is 2.85. The standard InChI is InChI=1S/C19H16N4OS/c1-25-19-21-18(24)16-17(22(19)12-14-8-4-2-5-9-14)20-13-23(16)15-10-6-3-7-11-15/h2-11,13H,12H2,1H3. The molecule has 0 aliphatic rings. The van der Waals surface area contributed by atoms with Crippen molar-refractivity contribution in [2.75, 3.05) is 6.26 Å². The fourth-order valence-electron chi connectivity index (χ4n) is 2.87. The van der Waals surface area contributed by atoms with E-state index in [4.69, 9.17) is 0 Å². The molecule has 0 unspecified atom stereocenters. The molecule has 0 radical (unpaired) electrons. The lowest BCUT2D eigenvalue weighted by Crippen LogP contribution is -2.18. The van der Waals surface area contributed by atoms with Gasteiger partial charge in [0, 0.05) is 5.69 Å². The molecule has 25 heavy (non-hydrogen) atoms. The summed E-state index contributed by atoms with van der Waals surface area (Å²) in [5.74, 6) is 0. The van der Waals surface area contributed by atoms with Crippen LogP contribution in [0.3, 0.4) is 0 Å². The van der Waals surface area contributed by atoms with Crippen molar-refractivity contribution in [3.8, 4) is 5.69 Å². The fourth-order valence-corrected chi connectivity index (χ4v) is 3.42. The van der Waals surface area contributed by atoms with Gasteiger partial charge in [0.15, 0.2) is 16.3 Å². The summed E-state index contributed by atoms with van der Waals surface area (Å²) in [6.45, 7) is 0.618. The Bertz CT molecular complexity index is 1070. The van der Waals surface area contributed by atoms with Gasteiger partial charge in [0.25, 0.3) is 5.56 Å². The zero-order valence-electron chi connectivity index (χ0n) is 13.7. The van der Waals surface area contributed by atoms with Crippen molar-refractivity contribution < 1.29 is 0 Å². The monoisotopic (exact) mass is 348 g/mol. The Labute approximate surface area is 149 Å². The molecule has 0 N–H and O–H groups in total. The molecular weight excluding hydrogens is 332 g/mol. The van der Waals surface area contributed by atoms with E-state index in [1.807, 2.05) is 59.4 Å². The highest BCUT2D eigenvalue weighted by Crippen LogP contribution is 2.21. The minimum atomic E-state index is -0.259. The number of hydrogen-bond donors (Lipinski definition) is 0. The molecule has 2 heterocycles. The normalized spacial score (nSPS) is 11.1. The second kappa shape index (κ2) is 6.57. The number of benzene rings is 2. The molecule has 0 saturated carbocycles. The van der Waals surface area contributed by atoms with Gasteiger partial charge in [-0.15, -0.1) is 0 Å². The van der Waals surface area contributed by atoms with Gasteiger partial charge in [-0.3, -0.25) is 13.9 Å². The summed E-state index contributed by atoms with van der Waals surface area (Å²) in [6.07, 6.45) is 3.61. The van der Waals surface area contributed by atoms with Crippen molar-refractivity contribution in [1.82, 2.24) is 19.1 Å². The smallest absolute Gasteiger partial charge is 0.299 e. The molecule has 124 valence electrons. The number of rotatable bonds is 4. The molecular formula is C19H16N4OS. The summed E-state index contributed by atoms with van der Waals surface area (Å²) in [7, 11) is 0. The topological polar surface area (TPSA) is 52.7 Å². The van der Waals surface area contributed by atoms with Crippen LogP contribution in [0.5, 0.6) is 0 Å². The van der Waals surface area contributed by atoms with Gasteiger partial charge in [0.05, 0.1) is 6.54 Å². The molecule has 4 rings (SSSR count). The summed E-state index contributed by atoms with van der Waals surface area (Å²) in [5, 5.41) is 0.666. The molecule has 0 amide bonds. The quantitative estimate of drug-likeness (QED) is 0.419. The summed E-state index contributed by atoms with van der Waals surface area (Å²) >= 11 is 1.45. The maximum Gasteiger partial charge on any atom is 0.300 e. The zero-order chi connectivity index (χ0) is 17.2. The van der Waals surface area contributed by atoms with Crippen LogP contribution in [0.4, 0.5) is 0 Å². The van der Waals surface area contributed by atoms with Gasteiger partial charge in [-0.2, -0.15) is 4.98 Å². The minimum Gasteiger partial charge on any atom is -0.299 e. The highest BCUT2D eigenvalue weighted by atomic mass is 32.2. The highest BCUT2D eigenvalue weighted by molar-refractivity contribution is 7.98. The van der Waals surface area contributed by atoms with Crippen molar-refractivity contribution in [1.29, 1.82) is 0 Å². The number of imidazole rings is 1. The number of fused-ring (bicyclic) bond motifs is 1. The van der Waals surface area contributed by atoms with Crippen LogP contribution in [0.15, 0.2) is 76.9 Å². The lowest BCUT2D eigenvalue weighted by Gasteiger charge is -2.12. The maximum absolute atomic E-state index is 12.6. The van der Waals surface area contributed by atoms with E-state index in [-0.39, 0.29) is 5.56 Å². The van der Waals surface area contributed by atoms with Crippen LogP contribution in [0.2, 0.25) is 0 Å². The van der Waals surface area contributed by atoms with Crippen LogP contribution in [0, 0.1) is 0 Å². The van der Waals surface area contributed by atoms with Crippen molar-refractivity contribution in [2.24, 2.45) is 0 Å². The molecule has 0 aliphatic heterocycles. The van der Waals surface area contributed by atoms with E-state index in [1.54, 1.807) is 10.9 Å². The first kappa shape index (κ1) is 15.7. The SMILES string of the molecule is CSc1nc(=O)c2c(ncn2-c2ccccc2)n1Cc1ccccc1. The Kier molecular flexibility index (Phi) is 4.11. The van der Waals surface area contributed by atoms with Gasteiger partial charge in [0.2, 0.25) is 0 Å². The number of aromatic nitrogens is 4. The number of nitrogens with zero attached hydrogens (tertiary/aromatic N) is 4. The van der Waals surface area contributed by atoms with E-state index in [9.17, 15) is 4.79 Å². The van der Waals surface area contributed by atoms with Crippen LogP contribution in [0.1, 0.15) is 5.56 Å².